The molecule has 0 saturated carbocycles. The number of nitrogens with zero attached hydrogens (tertiary/aromatic N) is 1. The zero-order valence-corrected chi connectivity index (χ0v) is 11.3. The molecule has 0 amide bonds. The smallest absolute Gasteiger partial charge is 0.00580 e. The topological polar surface area (TPSA) is 15.3 Å². The van der Waals surface area contributed by atoms with E-state index < -0.39 is 0 Å². The van der Waals surface area contributed by atoms with Crippen LogP contribution in [0, 0.1) is 5.41 Å². The first kappa shape index (κ1) is 13.3. The standard InChI is InChI=1S/C12H26N2S/c1-4-15-10-7-13-11-12(2)5-8-14(3)9-6-12/h13H,4-11H2,1-3H3. The predicted molar refractivity (Wildman–Crippen MR) is 70.7 cm³/mol. The number of nitrogens with one attached hydrogen (secondary N) is 1. The van der Waals surface area contributed by atoms with E-state index >= 15 is 0 Å². The third-order valence-corrected chi connectivity index (χ3v) is 4.27. The van der Waals surface area contributed by atoms with Crippen molar-refractivity contribution in [3.63, 3.8) is 0 Å². The summed E-state index contributed by atoms with van der Waals surface area (Å²) >= 11 is 2.02. The summed E-state index contributed by atoms with van der Waals surface area (Å²) in [5.74, 6) is 2.50. The Morgan fingerprint density at radius 2 is 2.00 bits per heavy atom. The van der Waals surface area contributed by atoms with E-state index in [0.29, 0.717) is 5.41 Å². The van der Waals surface area contributed by atoms with Gasteiger partial charge < -0.3 is 10.2 Å². The van der Waals surface area contributed by atoms with Crippen LogP contribution >= 0.6 is 11.8 Å². The van der Waals surface area contributed by atoms with Gasteiger partial charge in [0.05, 0.1) is 0 Å². The van der Waals surface area contributed by atoms with E-state index in [0.717, 1.165) is 0 Å². The van der Waals surface area contributed by atoms with E-state index in [1.807, 2.05) is 11.8 Å². The summed E-state index contributed by atoms with van der Waals surface area (Å²) in [6, 6.07) is 0. The van der Waals surface area contributed by atoms with E-state index in [4.69, 9.17) is 0 Å². The molecule has 2 nitrogen and oxygen atoms in total. The molecule has 0 aromatic rings. The van der Waals surface area contributed by atoms with Crippen LogP contribution < -0.4 is 5.32 Å². The van der Waals surface area contributed by atoms with Crippen LogP contribution in [-0.2, 0) is 0 Å². The third kappa shape index (κ3) is 5.23. The van der Waals surface area contributed by atoms with Gasteiger partial charge in [0, 0.05) is 18.8 Å². The molecule has 1 heterocycles. The van der Waals surface area contributed by atoms with Gasteiger partial charge in [-0.05, 0) is 44.1 Å². The average molecular weight is 230 g/mol. The second-order valence-electron chi connectivity index (χ2n) is 4.99. The lowest BCUT2D eigenvalue weighted by molar-refractivity contribution is 0.138. The van der Waals surface area contributed by atoms with Crippen LogP contribution in [-0.4, -0.2) is 49.6 Å². The van der Waals surface area contributed by atoms with Crippen molar-refractivity contribution in [2.75, 3.05) is 44.7 Å². The SMILES string of the molecule is CCSCCNCC1(C)CCN(C)CC1. The normalized spacial score (nSPS) is 21.8. The molecule has 0 atom stereocenters. The summed E-state index contributed by atoms with van der Waals surface area (Å²) in [5.41, 5.74) is 0.545. The Labute approximate surface area is 99.2 Å². The van der Waals surface area contributed by atoms with Crippen molar-refractivity contribution in [2.24, 2.45) is 5.41 Å². The fourth-order valence-corrected chi connectivity index (χ4v) is 2.59. The molecule has 15 heavy (non-hydrogen) atoms. The van der Waals surface area contributed by atoms with Crippen LogP contribution in [0.25, 0.3) is 0 Å². The molecular formula is C12H26N2S. The van der Waals surface area contributed by atoms with Crippen LogP contribution in [0.5, 0.6) is 0 Å². The van der Waals surface area contributed by atoms with Crippen LogP contribution in [0.3, 0.4) is 0 Å². The molecule has 1 saturated heterocycles. The first-order chi connectivity index (χ1) is 7.16. The second kappa shape index (κ2) is 6.77. The molecule has 1 aliphatic rings. The fraction of sp³-hybridized carbons (Fsp3) is 1.00. The molecule has 1 rings (SSSR count). The van der Waals surface area contributed by atoms with Crippen molar-refractivity contribution in [1.29, 1.82) is 0 Å². The summed E-state index contributed by atoms with van der Waals surface area (Å²) in [5, 5.41) is 3.61. The average Bonchev–Trinajstić information content (AvgIpc) is 2.23. The number of likely N-dealkylation sites (tertiary alicyclic amines) is 1. The number of hydrogen-bond acceptors (Lipinski definition) is 3. The summed E-state index contributed by atoms with van der Waals surface area (Å²) in [7, 11) is 2.23. The summed E-state index contributed by atoms with van der Waals surface area (Å²) in [6.07, 6.45) is 2.69. The van der Waals surface area contributed by atoms with Crippen molar-refractivity contribution in [3.8, 4) is 0 Å². The van der Waals surface area contributed by atoms with Gasteiger partial charge in [-0.25, -0.2) is 0 Å². The Balaban J connectivity index is 2.08. The lowest BCUT2D eigenvalue weighted by Crippen LogP contribution is -2.42. The Bertz CT molecular complexity index is 165. The van der Waals surface area contributed by atoms with Gasteiger partial charge in [-0.15, -0.1) is 0 Å². The molecule has 0 aromatic heterocycles. The minimum atomic E-state index is 0.545. The van der Waals surface area contributed by atoms with Gasteiger partial charge >= 0.3 is 0 Å². The Morgan fingerprint density at radius 1 is 1.33 bits per heavy atom. The van der Waals surface area contributed by atoms with Crippen molar-refractivity contribution < 1.29 is 0 Å². The number of piperidine rings is 1. The van der Waals surface area contributed by atoms with E-state index in [2.05, 4.69) is 31.1 Å². The van der Waals surface area contributed by atoms with Gasteiger partial charge in [0.1, 0.15) is 0 Å². The second-order valence-corrected chi connectivity index (χ2v) is 6.38. The first-order valence-electron chi connectivity index (χ1n) is 6.13. The Kier molecular flexibility index (Phi) is 6.02. The van der Waals surface area contributed by atoms with E-state index in [-0.39, 0.29) is 0 Å². The maximum Gasteiger partial charge on any atom is 0.00580 e. The van der Waals surface area contributed by atoms with E-state index in [1.165, 1.54) is 50.5 Å². The summed E-state index contributed by atoms with van der Waals surface area (Å²) in [6.45, 7) is 9.56. The Morgan fingerprint density at radius 3 is 2.60 bits per heavy atom. The number of thioether (sulfide) groups is 1. The number of rotatable bonds is 6. The zero-order chi connectivity index (χ0) is 11.1. The molecule has 1 N–H and O–H groups in total. The minimum Gasteiger partial charge on any atom is -0.315 e. The lowest BCUT2D eigenvalue weighted by atomic mass is 9.80. The molecule has 0 unspecified atom stereocenters. The zero-order valence-electron chi connectivity index (χ0n) is 10.5. The molecule has 0 aromatic carbocycles. The predicted octanol–water partition coefficient (Wildman–Crippen LogP) is 2.06. The van der Waals surface area contributed by atoms with E-state index in [1.54, 1.807) is 0 Å². The highest BCUT2D eigenvalue weighted by Gasteiger charge is 2.27. The van der Waals surface area contributed by atoms with Crippen LogP contribution in [0.4, 0.5) is 0 Å². The molecule has 0 spiro atoms. The van der Waals surface area contributed by atoms with Crippen LogP contribution in [0.2, 0.25) is 0 Å². The first-order valence-corrected chi connectivity index (χ1v) is 7.29. The summed E-state index contributed by atoms with van der Waals surface area (Å²) in [4.78, 5) is 2.44. The van der Waals surface area contributed by atoms with Gasteiger partial charge in [-0.2, -0.15) is 11.8 Å². The highest BCUT2D eigenvalue weighted by atomic mass is 32.2. The molecule has 1 aliphatic heterocycles. The lowest BCUT2D eigenvalue weighted by Gasteiger charge is -2.38. The maximum absolute atomic E-state index is 3.61. The van der Waals surface area contributed by atoms with Gasteiger partial charge in [0.2, 0.25) is 0 Å². The van der Waals surface area contributed by atoms with Crippen molar-refractivity contribution >= 4 is 11.8 Å². The van der Waals surface area contributed by atoms with Crippen LogP contribution in [0.1, 0.15) is 26.7 Å². The molecule has 1 fully saturated rings. The Hall–Kier alpha value is 0.270. The molecule has 0 aliphatic carbocycles. The molecule has 0 radical (unpaired) electrons. The van der Waals surface area contributed by atoms with Crippen molar-refractivity contribution in [1.82, 2.24) is 10.2 Å². The van der Waals surface area contributed by atoms with Gasteiger partial charge in [-0.3, -0.25) is 0 Å². The largest absolute Gasteiger partial charge is 0.315 e. The van der Waals surface area contributed by atoms with Gasteiger partial charge in [0.25, 0.3) is 0 Å². The molecule has 3 heteroatoms. The molecule has 0 bridgehead atoms. The number of hydrogen-bond donors (Lipinski definition) is 1. The molecule has 90 valence electrons. The van der Waals surface area contributed by atoms with Crippen LogP contribution in [0.15, 0.2) is 0 Å². The van der Waals surface area contributed by atoms with Gasteiger partial charge in [-0.1, -0.05) is 13.8 Å². The quantitative estimate of drug-likeness (QED) is 0.703. The van der Waals surface area contributed by atoms with Crippen molar-refractivity contribution in [3.05, 3.63) is 0 Å². The highest BCUT2D eigenvalue weighted by Crippen LogP contribution is 2.29. The van der Waals surface area contributed by atoms with Crippen molar-refractivity contribution in [2.45, 2.75) is 26.7 Å². The maximum atomic E-state index is 3.61. The highest BCUT2D eigenvalue weighted by molar-refractivity contribution is 7.99. The third-order valence-electron chi connectivity index (χ3n) is 3.37. The summed E-state index contributed by atoms with van der Waals surface area (Å²) < 4.78 is 0. The van der Waals surface area contributed by atoms with E-state index in [9.17, 15) is 0 Å². The molecular weight excluding hydrogens is 204 g/mol. The monoisotopic (exact) mass is 230 g/mol. The van der Waals surface area contributed by atoms with Gasteiger partial charge in [0.15, 0.2) is 0 Å². The fourth-order valence-electron chi connectivity index (χ4n) is 2.01. The minimum absolute atomic E-state index is 0.545.